The second-order valence-electron chi connectivity index (χ2n) is 6.12. The summed E-state index contributed by atoms with van der Waals surface area (Å²) in [6.45, 7) is 4.01. The second kappa shape index (κ2) is 7.78. The predicted octanol–water partition coefficient (Wildman–Crippen LogP) is 1.47. The molecule has 0 fully saturated rings. The largest absolute Gasteiger partial charge is 0.360 e. The highest BCUT2D eigenvalue weighted by atomic mass is 35.5. The van der Waals surface area contributed by atoms with E-state index in [2.05, 4.69) is 25.3 Å². The number of nitrogens with two attached hydrogens (primary N) is 1. The molecule has 1 atom stereocenters. The number of primary sulfonamides is 1. The van der Waals surface area contributed by atoms with Crippen LogP contribution in [0.5, 0.6) is 0 Å². The summed E-state index contributed by atoms with van der Waals surface area (Å²) in [4.78, 5) is 29.2. The third kappa shape index (κ3) is 4.11. The Morgan fingerprint density at radius 3 is 2.61 bits per heavy atom. The van der Waals surface area contributed by atoms with Crippen LogP contribution in [-0.4, -0.2) is 32.9 Å². The Hall–Kier alpha value is -2.63. The molecule has 0 saturated heterocycles. The van der Waals surface area contributed by atoms with Crippen molar-refractivity contribution in [1.82, 2.24) is 24.5 Å². The molecule has 3 N–H and O–H groups in total. The van der Waals surface area contributed by atoms with Gasteiger partial charge in [-0.15, -0.1) is 0 Å². The standard InChI is InChI=1S/C16H18ClN7O3S/c1-3-9(2)24-14-12(8-21-16(17)23-14)22-13(15(24)25)20-6-10-4-5-11(7-19-10)28(18,26)27/h4-5,7-9H,3,6H2,1-2H3,(H,20,22)(H2,18,26,27)/t9-/m0/s1. The molecule has 3 aromatic rings. The molecule has 0 bridgehead atoms. The van der Waals surface area contributed by atoms with E-state index in [0.717, 1.165) is 6.20 Å². The molecule has 0 aliphatic heterocycles. The number of pyridine rings is 1. The highest BCUT2D eigenvalue weighted by Crippen LogP contribution is 2.18. The van der Waals surface area contributed by atoms with Gasteiger partial charge in [-0.05, 0) is 37.1 Å². The van der Waals surface area contributed by atoms with Gasteiger partial charge in [-0.25, -0.2) is 23.5 Å². The molecule has 0 spiro atoms. The normalized spacial score (nSPS) is 12.9. The number of nitrogens with zero attached hydrogens (tertiary/aromatic N) is 5. The fourth-order valence-corrected chi connectivity index (χ4v) is 3.13. The lowest BCUT2D eigenvalue weighted by atomic mass is 10.2. The van der Waals surface area contributed by atoms with Gasteiger partial charge < -0.3 is 5.32 Å². The average Bonchev–Trinajstić information content (AvgIpc) is 2.65. The van der Waals surface area contributed by atoms with E-state index in [1.54, 1.807) is 0 Å². The zero-order valence-electron chi connectivity index (χ0n) is 15.1. The van der Waals surface area contributed by atoms with Crippen LogP contribution in [0.3, 0.4) is 0 Å². The Labute approximate surface area is 165 Å². The Bertz CT molecular complexity index is 1180. The summed E-state index contributed by atoms with van der Waals surface area (Å²) in [6.07, 6.45) is 3.32. The van der Waals surface area contributed by atoms with Crippen LogP contribution in [0.15, 0.2) is 34.2 Å². The zero-order chi connectivity index (χ0) is 20.5. The molecule has 3 aromatic heterocycles. The van der Waals surface area contributed by atoms with Gasteiger partial charge in [-0.2, -0.15) is 4.98 Å². The summed E-state index contributed by atoms with van der Waals surface area (Å²) in [7, 11) is -3.81. The van der Waals surface area contributed by atoms with Crippen molar-refractivity contribution in [2.45, 2.75) is 37.8 Å². The van der Waals surface area contributed by atoms with Crippen molar-refractivity contribution in [2.24, 2.45) is 5.14 Å². The summed E-state index contributed by atoms with van der Waals surface area (Å²) >= 11 is 5.88. The van der Waals surface area contributed by atoms with Gasteiger partial charge in [0, 0.05) is 12.2 Å². The third-order valence-corrected chi connectivity index (χ3v) is 5.28. The maximum absolute atomic E-state index is 12.9. The predicted molar refractivity (Wildman–Crippen MR) is 105 cm³/mol. The average molecular weight is 424 g/mol. The van der Waals surface area contributed by atoms with Gasteiger partial charge in [0.2, 0.25) is 15.3 Å². The lowest BCUT2D eigenvalue weighted by Gasteiger charge is -2.17. The molecule has 0 aromatic carbocycles. The van der Waals surface area contributed by atoms with Crippen molar-refractivity contribution < 1.29 is 8.42 Å². The van der Waals surface area contributed by atoms with Crippen molar-refractivity contribution >= 4 is 38.6 Å². The Kier molecular flexibility index (Phi) is 5.59. The first-order valence-electron chi connectivity index (χ1n) is 8.37. The Morgan fingerprint density at radius 1 is 1.25 bits per heavy atom. The number of halogens is 1. The number of hydrogen-bond donors (Lipinski definition) is 2. The fourth-order valence-electron chi connectivity index (χ4n) is 2.55. The van der Waals surface area contributed by atoms with Gasteiger partial charge in [0.15, 0.2) is 11.5 Å². The summed E-state index contributed by atoms with van der Waals surface area (Å²) in [6, 6.07) is 2.72. The van der Waals surface area contributed by atoms with Crippen LogP contribution in [-0.2, 0) is 16.6 Å². The van der Waals surface area contributed by atoms with Crippen LogP contribution in [0.25, 0.3) is 11.2 Å². The molecule has 3 rings (SSSR count). The minimum absolute atomic E-state index is 0.0330. The van der Waals surface area contributed by atoms with Crippen LogP contribution in [0.2, 0.25) is 5.28 Å². The minimum atomic E-state index is -3.81. The van der Waals surface area contributed by atoms with Gasteiger partial charge >= 0.3 is 0 Å². The van der Waals surface area contributed by atoms with Crippen molar-refractivity contribution in [2.75, 3.05) is 5.32 Å². The number of hydrogen-bond acceptors (Lipinski definition) is 8. The SMILES string of the molecule is CC[C@H](C)n1c(=O)c(NCc2ccc(S(N)(=O)=O)cn2)nc2cnc(Cl)nc21. The van der Waals surface area contributed by atoms with Crippen LogP contribution in [0.4, 0.5) is 5.82 Å². The Balaban J connectivity index is 1.96. The van der Waals surface area contributed by atoms with E-state index >= 15 is 0 Å². The van der Waals surface area contributed by atoms with E-state index in [1.165, 1.54) is 22.9 Å². The van der Waals surface area contributed by atoms with Gasteiger partial charge in [0.1, 0.15) is 10.4 Å². The highest BCUT2D eigenvalue weighted by Gasteiger charge is 2.17. The minimum Gasteiger partial charge on any atom is -0.360 e. The Morgan fingerprint density at radius 2 is 2.00 bits per heavy atom. The van der Waals surface area contributed by atoms with E-state index in [1.807, 2.05) is 13.8 Å². The van der Waals surface area contributed by atoms with Gasteiger partial charge in [0.25, 0.3) is 5.56 Å². The first-order valence-corrected chi connectivity index (χ1v) is 10.3. The number of nitrogens with one attached hydrogen (secondary N) is 1. The molecule has 148 valence electrons. The molecular weight excluding hydrogens is 406 g/mol. The fraction of sp³-hybridized carbons (Fsp3) is 0.312. The summed E-state index contributed by atoms with van der Waals surface area (Å²) in [5.41, 5.74) is 0.943. The van der Waals surface area contributed by atoms with Crippen LogP contribution in [0.1, 0.15) is 32.0 Å². The lowest BCUT2D eigenvalue weighted by molar-refractivity contribution is 0.526. The summed E-state index contributed by atoms with van der Waals surface area (Å²) in [5, 5.41) is 8.02. The number of aromatic nitrogens is 5. The third-order valence-electron chi connectivity index (χ3n) is 4.20. The number of sulfonamides is 1. The molecular formula is C16H18ClN7O3S. The molecule has 0 amide bonds. The number of fused-ring (bicyclic) bond motifs is 1. The van der Waals surface area contributed by atoms with Crippen molar-refractivity contribution in [3.63, 3.8) is 0 Å². The van der Waals surface area contributed by atoms with E-state index in [9.17, 15) is 13.2 Å². The van der Waals surface area contributed by atoms with E-state index in [4.69, 9.17) is 16.7 Å². The second-order valence-corrected chi connectivity index (χ2v) is 8.02. The molecule has 0 saturated carbocycles. The molecule has 0 unspecified atom stereocenters. The molecule has 28 heavy (non-hydrogen) atoms. The molecule has 10 nitrogen and oxygen atoms in total. The van der Waals surface area contributed by atoms with Crippen molar-refractivity contribution in [1.29, 1.82) is 0 Å². The van der Waals surface area contributed by atoms with Crippen molar-refractivity contribution in [3.8, 4) is 0 Å². The molecule has 0 radical (unpaired) electrons. The molecule has 3 heterocycles. The topological polar surface area (TPSA) is 146 Å². The zero-order valence-corrected chi connectivity index (χ0v) is 16.7. The van der Waals surface area contributed by atoms with E-state index < -0.39 is 10.0 Å². The first kappa shape index (κ1) is 20.1. The summed E-state index contributed by atoms with van der Waals surface area (Å²) < 4.78 is 24.1. The van der Waals surface area contributed by atoms with Crippen LogP contribution < -0.4 is 16.0 Å². The van der Waals surface area contributed by atoms with E-state index in [-0.39, 0.29) is 34.1 Å². The maximum atomic E-state index is 12.9. The molecule has 12 heteroatoms. The number of rotatable bonds is 6. The maximum Gasteiger partial charge on any atom is 0.295 e. The highest BCUT2D eigenvalue weighted by molar-refractivity contribution is 7.89. The van der Waals surface area contributed by atoms with Crippen molar-refractivity contribution in [3.05, 3.63) is 45.9 Å². The van der Waals surface area contributed by atoms with Gasteiger partial charge in [-0.3, -0.25) is 14.3 Å². The van der Waals surface area contributed by atoms with Gasteiger partial charge in [0.05, 0.1) is 18.4 Å². The van der Waals surface area contributed by atoms with Gasteiger partial charge in [-0.1, -0.05) is 6.92 Å². The van der Waals surface area contributed by atoms with Crippen LogP contribution >= 0.6 is 11.6 Å². The molecule has 0 aliphatic rings. The smallest absolute Gasteiger partial charge is 0.295 e. The quantitative estimate of drug-likeness (QED) is 0.566. The first-order chi connectivity index (χ1) is 13.2. The van der Waals surface area contributed by atoms with E-state index in [0.29, 0.717) is 23.3 Å². The molecule has 0 aliphatic carbocycles. The lowest BCUT2D eigenvalue weighted by Crippen LogP contribution is -2.28. The monoisotopic (exact) mass is 423 g/mol. The number of anilines is 1. The van der Waals surface area contributed by atoms with Crippen LogP contribution in [0, 0.1) is 0 Å². The summed E-state index contributed by atoms with van der Waals surface area (Å²) in [5.74, 6) is 0.107.